The van der Waals surface area contributed by atoms with Crippen LogP contribution in [0.3, 0.4) is 0 Å². The van der Waals surface area contributed by atoms with Crippen LogP contribution in [0.5, 0.6) is 0 Å². The second-order valence-corrected chi connectivity index (χ2v) is 11.0. The lowest BCUT2D eigenvalue weighted by atomic mass is 9.85. The average molecular weight is 569 g/mol. The first-order valence-electron chi connectivity index (χ1n) is 15.0. The number of aryl methyl sites for hydroxylation is 2. The van der Waals surface area contributed by atoms with Crippen molar-refractivity contribution < 1.29 is 9.13 Å². The summed E-state index contributed by atoms with van der Waals surface area (Å²) in [5.74, 6) is 0. The fourth-order valence-electron chi connectivity index (χ4n) is 5.27. The van der Waals surface area contributed by atoms with Crippen LogP contribution in [0.25, 0.3) is 35.5 Å². The van der Waals surface area contributed by atoms with Crippen molar-refractivity contribution in [3.05, 3.63) is 203 Å². The van der Waals surface area contributed by atoms with Crippen molar-refractivity contribution in [1.29, 1.82) is 0 Å². The zero-order valence-corrected chi connectivity index (χ0v) is 25.2. The molecule has 0 aliphatic heterocycles. The SMILES string of the molecule is C[n+]1ccc(/C=C/c2ccc(/C(=C(/c3ccccc3)c3ccc(/C=C/c4cc[n+](C)cc4)cc3)c3ccccc3)cc2)cc1. The maximum Gasteiger partial charge on any atom is 0.169 e. The van der Waals surface area contributed by atoms with Crippen LogP contribution >= 0.6 is 0 Å². The lowest BCUT2D eigenvalue weighted by Gasteiger charge is -2.18. The molecule has 2 heteroatoms. The minimum atomic E-state index is 1.17. The van der Waals surface area contributed by atoms with Gasteiger partial charge < -0.3 is 0 Å². The van der Waals surface area contributed by atoms with E-state index in [0.29, 0.717) is 0 Å². The molecule has 0 bridgehead atoms. The number of rotatable bonds is 8. The average Bonchev–Trinajstić information content (AvgIpc) is 3.08. The zero-order chi connectivity index (χ0) is 30.1. The van der Waals surface area contributed by atoms with Crippen LogP contribution in [-0.2, 0) is 14.1 Å². The van der Waals surface area contributed by atoms with Gasteiger partial charge in [-0.15, -0.1) is 0 Å². The Morgan fingerprint density at radius 3 is 0.932 bits per heavy atom. The number of nitrogens with zero attached hydrogens (tertiary/aromatic N) is 2. The Morgan fingerprint density at radius 1 is 0.341 bits per heavy atom. The molecule has 2 aromatic heterocycles. The third-order valence-corrected chi connectivity index (χ3v) is 7.72. The van der Waals surface area contributed by atoms with Gasteiger partial charge in [-0.05, 0) is 55.7 Å². The van der Waals surface area contributed by atoms with Crippen molar-refractivity contribution >= 4 is 35.5 Å². The van der Waals surface area contributed by atoms with E-state index in [1.807, 2.05) is 23.2 Å². The van der Waals surface area contributed by atoms with Crippen LogP contribution < -0.4 is 9.13 Å². The van der Waals surface area contributed by atoms with E-state index in [1.165, 1.54) is 55.7 Å². The molecule has 0 radical (unpaired) electrons. The number of benzene rings is 4. The Bertz CT molecular complexity index is 1750. The molecule has 0 aliphatic rings. The zero-order valence-electron chi connectivity index (χ0n) is 25.2. The molecule has 0 fully saturated rings. The highest BCUT2D eigenvalue weighted by atomic mass is 14.9. The standard InChI is InChI=1S/C42H36N2/c1-43-29-25-35(26-30-43)15-13-33-17-21-39(22-18-33)41(37-9-5-3-6-10-37)42(38-11-7-4-8-12-38)40-23-19-34(20-24-40)14-16-36-27-31-44(2)32-28-36/h3-32H,1-2H3/q+2/b15-13+,16-14+,42-41-. The van der Waals surface area contributed by atoms with Crippen molar-refractivity contribution in [2.45, 2.75) is 0 Å². The summed E-state index contributed by atoms with van der Waals surface area (Å²) < 4.78 is 4.09. The molecule has 0 saturated heterocycles. The van der Waals surface area contributed by atoms with Gasteiger partial charge in [0.2, 0.25) is 0 Å². The van der Waals surface area contributed by atoms with Crippen LogP contribution in [0.15, 0.2) is 158 Å². The van der Waals surface area contributed by atoms with Gasteiger partial charge in [0.05, 0.1) is 0 Å². The summed E-state index contributed by atoms with van der Waals surface area (Å²) in [5.41, 5.74) is 11.9. The van der Waals surface area contributed by atoms with Gasteiger partial charge in [0.1, 0.15) is 14.1 Å². The largest absolute Gasteiger partial charge is 0.208 e. The van der Waals surface area contributed by atoms with Gasteiger partial charge in [-0.25, -0.2) is 9.13 Å². The fourth-order valence-corrected chi connectivity index (χ4v) is 5.27. The van der Waals surface area contributed by atoms with Crippen LogP contribution in [0.2, 0.25) is 0 Å². The molecule has 0 amide bonds. The van der Waals surface area contributed by atoms with E-state index in [0.717, 1.165) is 0 Å². The summed E-state index contributed by atoms with van der Waals surface area (Å²) in [7, 11) is 4.07. The molecule has 4 aromatic carbocycles. The first-order valence-corrected chi connectivity index (χ1v) is 15.0. The molecule has 212 valence electrons. The molecule has 2 nitrogen and oxygen atoms in total. The molecule has 0 unspecified atom stereocenters. The van der Waals surface area contributed by atoms with Gasteiger partial charge in [-0.3, -0.25) is 0 Å². The van der Waals surface area contributed by atoms with Crippen LogP contribution in [0.4, 0.5) is 0 Å². The smallest absolute Gasteiger partial charge is 0.169 e. The topological polar surface area (TPSA) is 7.76 Å². The minimum Gasteiger partial charge on any atom is -0.208 e. The van der Waals surface area contributed by atoms with E-state index in [1.54, 1.807) is 0 Å². The Hall–Kier alpha value is -5.60. The Kier molecular flexibility index (Phi) is 8.80. The van der Waals surface area contributed by atoms with Crippen molar-refractivity contribution in [3.8, 4) is 0 Å². The molecular weight excluding hydrogens is 532 g/mol. The Labute approximate surface area is 260 Å². The van der Waals surface area contributed by atoms with Crippen molar-refractivity contribution in [1.82, 2.24) is 0 Å². The summed E-state index contributed by atoms with van der Waals surface area (Å²) in [4.78, 5) is 0. The van der Waals surface area contributed by atoms with Gasteiger partial charge in [0.15, 0.2) is 24.8 Å². The maximum atomic E-state index is 2.24. The third kappa shape index (κ3) is 7.06. The molecule has 0 atom stereocenters. The van der Waals surface area contributed by atoms with Gasteiger partial charge in [-0.1, -0.05) is 133 Å². The lowest BCUT2D eigenvalue weighted by Crippen LogP contribution is -2.25. The summed E-state index contributed by atoms with van der Waals surface area (Å²) in [6, 6.07) is 47.7. The molecule has 0 spiro atoms. The van der Waals surface area contributed by atoms with Gasteiger partial charge >= 0.3 is 0 Å². The molecule has 0 saturated carbocycles. The maximum absolute atomic E-state index is 2.24. The number of aromatic nitrogens is 2. The van der Waals surface area contributed by atoms with Crippen molar-refractivity contribution in [2.24, 2.45) is 14.1 Å². The van der Waals surface area contributed by atoms with Gasteiger partial charge in [0.25, 0.3) is 0 Å². The highest BCUT2D eigenvalue weighted by Gasteiger charge is 2.16. The third-order valence-electron chi connectivity index (χ3n) is 7.72. The minimum absolute atomic E-state index is 1.17. The summed E-state index contributed by atoms with van der Waals surface area (Å²) in [6.45, 7) is 0. The van der Waals surface area contributed by atoms with E-state index < -0.39 is 0 Å². The first kappa shape index (κ1) is 28.5. The van der Waals surface area contributed by atoms with Gasteiger partial charge in [0, 0.05) is 24.3 Å². The van der Waals surface area contributed by atoms with E-state index in [2.05, 4.69) is 183 Å². The Morgan fingerprint density at radius 2 is 0.614 bits per heavy atom. The molecule has 6 aromatic rings. The quantitative estimate of drug-likeness (QED) is 0.128. The van der Waals surface area contributed by atoms with E-state index >= 15 is 0 Å². The second kappa shape index (κ2) is 13.6. The molecule has 2 heterocycles. The highest BCUT2D eigenvalue weighted by molar-refractivity contribution is 6.04. The summed E-state index contributed by atoms with van der Waals surface area (Å²) >= 11 is 0. The molecule has 44 heavy (non-hydrogen) atoms. The predicted molar refractivity (Wildman–Crippen MR) is 184 cm³/mol. The number of hydrogen-bond acceptors (Lipinski definition) is 0. The van der Waals surface area contributed by atoms with E-state index in [9.17, 15) is 0 Å². The molecule has 0 N–H and O–H groups in total. The van der Waals surface area contributed by atoms with Gasteiger partial charge in [-0.2, -0.15) is 0 Å². The number of hydrogen-bond donors (Lipinski definition) is 0. The summed E-state index contributed by atoms with van der Waals surface area (Å²) in [5, 5.41) is 0. The lowest BCUT2D eigenvalue weighted by molar-refractivity contribution is -0.671. The van der Waals surface area contributed by atoms with Crippen LogP contribution in [-0.4, -0.2) is 0 Å². The van der Waals surface area contributed by atoms with Crippen molar-refractivity contribution in [3.63, 3.8) is 0 Å². The monoisotopic (exact) mass is 568 g/mol. The van der Waals surface area contributed by atoms with Crippen LogP contribution in [0, 0.1) is 0 Å². The van der Waals surface area contributed by atoms with Crippen molar-refractivity contribution in [2.75, 3.05) is 0 Å². The molecular formula is C42H36N2+2. The molecule has 0 aliphatic carbocycles. The summed E-state index contributed by atoms with van der Waals surface area (Å²) in [6.07, 6.45) is 16.9. The first-order chi connectivity index (χ1) is 21.6. The van der Waals surface area contributed by atoms with E-state index in [-0.39, 0.29) is 0 Å². The Balaban J connectivity index is 1.41. The predicted octanol–water partition coefficient (Wildman–Crippen LogP) is 8.68. The highest BCUT2D eigenvalue weighted by Crippen LogP contribution is 2.37. The normalized spacial score (nSPS) is 12.0. The second-order valence-electron chi connectivity index (χ2n) is 11.0. The molecule has 6 rings (SSSR count). The van der Waals surface area contributed by atoms with E-state index in [4.69, 9.17) is 0 Å². The fraction of sp³-hybridized carbons (Fsp3) is 0.0476. The number of pyridine rings is 2. The van der Waals surface area contributed by atoms with Crippen LogP contribution in [0.1, 0.15) is 44.5 Å².